The smallest absolute Gasteiger partial charge is 0.251 e. The van der Waals surface area contributed by atoms with Gasteiger partial charge in [0, 0.05) is 31.4 Å². The van der Waals surface area contributed by atoms with Gasteiger partial charge < -0.3 is 10.2 Å². The fourth-order valence-electron chi connectivity index (χ4n) is 2.81. The molecule has 19 heavy (non-hydrogen) atoms. The highest BCUT2D eigenvalue weighted by Crippen LogP contribution is 2.20. The van der Waals surface area contributed by atoms with Gasteiger partial charge in [-0.1, -0.05) is 19.3 Å². The van der Waals surface area contributed by atoms with E-state index in [0.717, 1.165) is 29.7 Å². The molecule has 0 atom stereocenters. The molecule has 0 radical (unpaired) electrons. The Morgan fingerprint density at radius 2 is 1.89 bits per heavy atom. The number of nitrogens with zero attached hydrogens (tertiary/aromatic N) is 1. The lowest BCUT2D eigenvalue weighted by molar-refractivity contribution is 0.0927. The molecule has 0 unspecified atom stereocenters. The third-order valence-electron chi connectivity index (χ3n) is 3.88. The molecular weight excluding hydrogens is 236 g/mol. The maximum absolute atomic E-state index is 12.2. The molecule has 1 aromatic carbocycles. The van der Waals surface area contributed by atoms with Crippen LogP contribution in [0.25, 0.3) is 0 Å². The Hall–Kier alpha value is -1.51. The second-order valence-electron chi connectivity index (χ2n) is 5.70. The van der Waals surface area contributed by atoms with Crippen molar-refractivity contribution in [3.8, 4) is 0 Å². The normalized spacial score (nSPS) is 16.2. The highest BCUT2D eigenvalue weighted by atomic mass is 16.1. The summed E-state index contributed by atoms with van der Waals surface area (Å²) in [5, 5.41) is 3.16. The second-order valence-corrected chi connectivity index (χ2v) is 5.70. The zero-order chi connectivity index (χ0) is 13.8. The fourth-order valence-corrected chi connectivity index (χ4v) is 2.81. The van der Waals surface area contributed by atoms with Crippen molar-refractivity contribution in [2.75, 3.05) is 19.0 Å². The van der Waals surface area contributed by atoms with Crippen LogP contribution in [-0.2, 0) is 0 Å². The monoisotopic (exact) mass is 260 g/mol. The van der Waals surface area contributed by atoms with Gasteiger partial charge in [-0.05, 0) is 43.5 Å². The first-order chi connectivity index (χ1) is 9.08. The number of aryl methyl sites for hydroxylation is 1. The minimum atomic E-state index is 0.0697. The number of carbonyl (C=O) groups is 1. The zero-order valence-corrected chi connectivity index (χ0v) is 12.2. The quantitative estimate of drug-likeness (QED) is 0.905. The summed E-state index contributed by atoms with van der Waals surface area (Å²) in [5.74, 6) is 0.0697. The first kappa shape index (κ1) is 13.9. The highest BCUT2D eigenvalue weighted by molar-refractivity contribution is 5.95. The second kappa shape index (κ2) is 6.09. The van der Waals surface area contributed by atoms with Gasteiger partial charge in [0.05, 0.1) is 0 Å². The van der Waals surface area contributed by atoms with Gasteiger partial charge in [-0.25, -0.2) is 0 Å². The van der Waals surface area contributed by atoms with E-state index in [2.05, 4.69) is 10.2 Å². The minimum Gasteiger partial charge on any atom is -0.377 e. The molecule has 0 aromatic heterocycles. The molecule has 0 aliphatic heterocycles. The van der Waals surface area contributed by atoms with Crippen molar-refractivity contribution in [1.29, 1.82) is 0 Å². The van der Waals surface area contributed by atoms with Crippen LogP contribution < -0.4 is 10.2 Å². The van der Waals surface area contributed by atoms with Crippen LogP contribution >= 0.6 is 0 Å². The Morgan fingerprint density at radius 1 is 1.21 bits per heavy atom. The number of hydrogen-bond acceptors (Lipinski definition) is 2. The summed E-state index contributed by atoms with van der Waals surface area (Å²) >= 11 is 0. The lowest BCUT2D eigenvalue weighted by Gasteiger charge is -2.23. The number of anilines is 1. The van der Waals surface area contributed by atoms with Gasteiger partial charge >= 0.3 is 0 Å². The third-order valence-corrected chi connectivity index (χ3v) is 3.88. The van der Waals surface area contributed by atoms with Crippen LogP contribution in [0.1, 0.15) is 48.0 Å². The van der Waals surface area contributed by atoms with Gasteiger partial charge in [0.25, 0.3) is 5.91 Å². The van der Waals surface area contributed by atoms with Crippen molar-refractivity contribution < 1.29 is 4.79 Å². The van der Waals surface area contributed by atoms with E-state index in [0.29, 0.717) is 6.04 Å². The predicted octanol–water partition coefficient (Wildman–Crippen LogP) is 3.12. The van der Waals surface area contributed by atoms with Gasteiger partial charge in [-0.2, -0.15) is 0 Å². The molecule has 1 saturated carbocycles. The molecule has 0 bridgehead atoms. The van der Waals surface area contributed by atoms with E-state index in [-0.39, 0.29) is 5.91 Å². The molecule has 3 nitrogen and oxygen atoms in total. The van der Waals surface area contributed by atoms with E-state index in [1.807, 2.05) is 39.2 Å². The number of benzene rings is 1. The minimum absolute atomic E-state index is 0.0697. The largest absolute Gasteiger partial charge is 0.377 e. The summed E-state index contributed by atoms with van der Waals surface area (Å²) in [4.78, 5) is 14.3. The van der Waals surface area contributed by atoms with E-state index in [4.69, 9.17) is 0 Å². The molecule has 1 aliphatic carbocycles. The number of nitrogens with one attached hydrogen (secondary N) is 1. The number of carbonyl (C=O) groups excluding carboxylic acids is 1. The molecule has 0 saturated heterocycles. The Kier molecular flexibility index (Phi) is 4.46. The first-order valence-electron chi connectivity index (χ1n) is 7.17. The Labute approximate surface area is 116 Å². The molecule has 1 aromatic rings. The summed E-state index contributed by atoms with van der Waals surface area (Å²) in [7, 11) is 4.04. The first-order valence-corrected chi connectivity index (χ1v) is 7.17. The lowest BCUT2D eigenvalue weighted by atomic mass is 9.95. The molecule has 104 valence electrons. The van der Waals surface area contributed by atoms with Crippen molar-refractivity contribution in [2.45, 2.75) is 45.1 Å². The number of amides is 1. The molecule has 1 N–H and O–H groups in total. The van der Waals surface area contributed by atoms with Gasteiger partial charge in [0.15, 0.2) is 0 Å². The zero-order valence-electron chi connectivity index (χ0n) is 12.2. The SMILES string of the molecule is Cc1cc(C(=O)NC2CCCCC2)ccc1N(C)C. The van der Waals surface area contributed by atoms with E-state index in [1.165, 1.54) is 19.3 Å². The van der Waals surface area contributed by atoms with Crippen LogP contribution in [0.15, 0.2) is 18.2 Å². The average molecular weight is 260 g/mol. The molecule has 1 fully saturated rings. The van der Waals surface area contributed by atoms with Crippen LogP contribution in [0.5, 0.6) is 0 Å². The van der Waals surface area contributed by atoms with Crippen LogP contribution in [0.2, 0.25) is 0 Å². The molecule has 3 heteroatoms. The van der Waals surface area contributed by atoms with Crippen LogP contribution in [-0.4, -0.2) is 26.0 Å². The van der Waals surface area contributed by atoms with Crippen molar-refractivity contribution in [3.05, 3.63) is 29.3 Å². The summed E-state index contributed by atoms with van der Waals surface area (Å²) in [6.45, 7) is 2.05. The van der Waals surface area contributed by atoms with E-state index in [9.17, 15) is 4.79 Å². The topological polar surface area (TPSA) is 32.3 Å². The van der Waals surface area contributed by atoms with E-state index >= 15 is 0 Å². The molecule has 1 amide bonds. The molecular formula is C16H24N2O. The maximum atomic E-state index is 12.2. The van der Waals surface area contributed by atoms with E-state index in [1.54, 1.807) is 0 Å². The standard InChI is InChI=1S/C16H24N2O/c1-12-11-13(9-10-15(12)18(2)3)16(19)17-14-7-5-4-6-8-14/h9-11,14H,4-8H2,1-3H3,(H,17,19). The number of rotatable bonds is 3. The summed E-state index contributed by atoms with van der Waals surface area (Å²) in [6.07, 6.45) is 6.04. The Morgan fingerprint density at radius 3 is 2.47 bits per heavy atom. The van der Waals surface area contributed by atoms with Gasteiger partial charge in [-0.3, -0.25) is 4.79 Å². The van der Waals surface area contributed by atoms with Crippen LogP contribution in [0.4, 0.5) is 5.69 Å². The molecule has 0 spiro atoms. The van der Waals surface area contributed by atoms with Crippen molar-refractivity contribution in [3.63, 3.8) is 0 Å². The predicted molar refractivity (Wildman–Crippen MR) is 79.8 cm³/mol. The Balaban J connectivity index is 2.04. The molecule has 2 rings (SSSR count). The fraction of sp³-hybridized carbons (Fsp3) is 0.562. The maximum Gasteiger partial charge on any atom is 0.251 e. The van der Waals surface area contributed by atoms with Crippen LogP contribution in [0, 0.1) is 6.92 Å². The molecule has 0 heterocycles. The lowest BCUT2D eigenvalue weighted by Crippen LogP contribution is -2.36. The Bertz CT molecular complexity index is 448. The average Bonchev–Trinajstić information content (AvgIpc) is 2.39. The van der Waals surface area contributed by atoms with Crippen molar-refractivity contribution >= 4 is 11.6 Å². The van der Waals surface area contributed by atoms with Gasteiger partial charge in [0.1, 0.15) is 0 Å². The van der Waals surface area contributed by atoms with Gasteiger partial charge in [0.2, 0.25) is 0 Å². The van der Waals surface area contributed by atoms with Crippen molar-refractivity contribution in [1.82, 2.24) is 5.32 Å². The van der Waals surface area contributed by atoms with Crippen molar-refractivity contribution in [2.24, 2.45) is 0 Å². The van der Waals surface area contributed by atoms with Crippen LogP contribution in [0.3, 0.4) is 0 Å². The van der Waals surface area contributed by atoms with E-state index < -0.39 is 0 Å². The highest BCUT2D eigenvalue weighted by Gasteiger charge is 2.17. The summed E-state index contributed by atoms with van der Waals surface area (Å²) in [5.41, 5.74) is 3.07. The third kappa shape index (κ3) is 3.49. The summed E-state index contributed by atoms with van der Waals surface area (Å²) < 4.78 is 0. The van der Waals surface area contributed by atoms with Gasteiger partial charge in [-0.15, -0.1) is 0 Å². The number of hydrogen-bond donors (Lipinski definition) is 1. The summed E-state index contributed by atoms with van der Waals surface area (Å²) in [6, 6.07) is 6.29. The molecule has 1 aliphatic rings.